The first-order valence-corrected chi connectivity index (χ1v) is 2.50. The fourth-order valence-electron chi connectivity index (χ4n) is 0.490. The van der Waals surface area contributed by atoms with Crippen LogP contribution < -0.4 is 5.43 Å². The lowest BCUT2D eigenvalue weighted by atomic mass is 10.4. The van der Waals surface area contributed by atoms with Gasteiger partial charge in [0.15, 0.2) is 0 Å². The summed E-state index contributed by atoms with van der Waals surface area (Å²) in [5.74, 6) is 0. The molecule has 1 aliphatic carbocycles. The van der Waals surface area contributed by atoms with E-state index in [0.717, 1.165) is 0 Å². The van der Waals surface area contributed by atoms with Crippen LogP contribution in [-0.2, 0) is 0 Å². The van der Waals surface area contributed by atoms with E-state index in [1.54, 1.807) is 0 Å². The average Bonchev–Trinajstić information content (AvgIpc) is 2.22. The molecule has 2 nitrogen and oxygen atoms in total. The number of rotatable bonds is 2. The van der Waals surface area contributed by atoms with Crippen molar-refractivity contribution in [1.82, 2.24) is 5.43 Å². The second-order valence-corrected chi connectivity index (χ2v) is 2.33. The Kier molecular flexibility index (Phi) is 0.805. The monoisotopic (exact) mass is 98.1 g/mol. The Hall–Kier alpha value is -0.530. The number of hydrogen-bond donors (Lipinski definition) is 1. The van der Waals surface area contributed by atoms with Crippen LogP contribution in [0, 0.1) is 0 Å². The Labute approximate surface area is 43.6 Å². The normalized spacial score (nSPS) is 23.6. The molecule has 40 valence electrons. The van der Waals surface area contributed by atoms with Crippen molar-refractivity contribution < 1.29 is 0 Å². The van der Waals surface area contributed by atoms with Gasteiger partial charge in [0.25, 0.3) is 0 Å². The molecule has 0 aliphatic heterocycles. The topological polar surface area (TPSA) is 24.4 Å². The largest absolute Gasteiger partial charge is 0.305 e. The number of hydrogen-bond acceptors (Lipinski definition) is 2. The van der Waals surface area contributed by atoms with Crippen molar-refractivity contribution >= 4 is 6.72 Å². The van der Waals surface area contributed by atoms with Crippen LogP contribution in [0.4, 0.5) is 0 Å². The maximum absolute atomic E-state index is 3.57. The maximum Gasteiger partial charge on any atom is 0.0522 e. The van der Waals surface area contributed by atoms with Crippen LogP contribution in [0.2, 0.25) is 0 Å². The summed E-state index contributed by atoms with van der Waals surface area (Å²) in [6.45, 7) is 5.47. The molecule has 0 spiro atoms. The Bertz CT molecular complexity index is 84.1. The molecule has 7 heavy (non-hydrogen) atoms. The number of hydrazone groups is 1. The summed E-state index contributed by atoms with van der Waals surface area (Å²) in [5, 5.41) is 3.57. The minimum absolute atomic E-state index is 0.321. The summed E-state index contributed by atoms with van der Waals surface area (Å²) in [6, 6.07) is 0. The molecule has 1 rings (SSSR count). The summed E-state index contributed by atoms with van der Waals surface area (Å²) < 4.78 is 0. The SMILES string of the molecule is C=NNC1(C)CC1. The third-order valence-electron chi connectivity index (χ3n) is 1.35. The third kappa shape index (κ3) is 0.918. The Morgan fingerprint density at radius 1 is 1.71 bits per heavy atom. The van der Waals surface area contributed by atoms with Gasteiger partial charge in [0.05, 0.1) is 5.54 Å². The highest BCUT2D eigenvalue weighted by atomic mass is 15.3. The molecule has 0 aromatic heterocycles. The summed E-state index contributed by atoms with van der Waals surface area (Å²) in [5.41, 5.74) is 3.23. The van der Waals surface area contributed by atoms with Gasteiger partial charge >= 0.3 is 0 Å². The standard InChI is InChI=1S/C5H10N2/c1-5(3-4-5)7-6-2/h7H,2-4H2,1H3. The molecule has 0 unspecified atom stereocenters. The van der Waals surface area contributed by atoms with Gasteiger partial charge in [-0.25, -0.2) is 0 Å². The molecule has 2 heteroatoms. The predicted molar refractivity (Wildman–Crippen MR) is 30.3 cm³/mol. The second kappa shape index (κ2) is 1.22. The van der Waals surface area contributed by atoms with E-state index in [1.165, 1.54) is 12.8 Å². The zero-order valence-corrected chi connectivity index (χ0v) is 4.57. The van der Waals surface area contributed by atoms with E-state index in [-0.39, 0.29) is 0 Å². The van der Waals surface area contributed by atoms with E-state index in [0.29, 0.717) is 5.54 Å². The van der Waals surface area contributed by atoms with E-state index in [1.807, 2.05) is 0 Å². The van der Waals surface area contributed by atoms with Crippen molar-refractivity contribution in [3.63, 3.8) is 0 Å². The highest BCUT2D eigenvalue weighted by Gasteiger charge is 2.36. The molecule has 0 atom stereocenters. The van der Waals surface area contributed by atoms with Crippen LogP contribution in [0.1, 0.15) is 19.8 Å². The van der Waals surface area contributed by atoms with E-state index in [2.05, 4.69) is 24.2 Å². The van der Waals surface area contributed by atoms with Crippen molar-refractivity contribution in [1.29, 1.82) is 0 Å². The quantitative estimate of drug-likeness (QED) is 0.400. The predicted octanol–water partition coefficient (Wildman–Crippen LogP) is 0.744. The van der Waals surface area contributed by atoms with Crippen molar-refractivity contribution in [3.8, 4) is 0 Å². The van der Waals surface area contributed by atoms with Crippen molar-refractivity contribution in [2.75, 3.05) is 0 Å². The van der Waals surface area contributed by atoms with Gasteiger partial charge in [-0.1, -0.05) is 0 Å². The van der Waals surface area contributed by atoms with Crippen LogP contribution >= 0.6 is 0 Å². The molecule has 0 saturated heterocycles. The summed E-state index contributed by atoms with van der Waals surface area (Å²) in [4.78, 5) is 0. The van der Waals surface area contributed by atoms with Crippen LogP contribution in [0.25, 0.3) is 0 Å². The van der Waals surface area contributed by atoms with Gasteiger partial charge in [-0.15, -0.1) is 0 Å². The molecule has 0 radical (unpaired) electrons. The van der Waals surface area contributed by atoms with Gasteiger partial charge in [0.2, 0.25) is 0 Å². The molecular weight excluding hydrogens is 88.1 g/mol. The lowest BCUT2D eigenvalue weighted by Gasteiger charge is -2.03. The summed E-state index contributed by atoms with van der Waals surface area (Å²) in [7, 11) is 0. The first-order valence-electron chi connectivity index (χ1n) is 2.50. The van der Waals surface area contributed by atoms with Crippen LogP contribution in [0.3, 0.4) is 0 Å². The van der Waals surface area contributed by atoms with E-state index < -0.39 is 0 Å². The van der Waals surface area contributed by atoms with Crippen molar-refractivity contribution in [3.05, 3.63) is 0 Å². The smallest absolute Gasteiger partial charge is 0.0522 e. The molecule has 1 fully saturated rings. The number of nitrogens with one attached hydrogen (secondary N) is 1. The third-order valence-corrected chi connectivity index (χ3v) is 1.35. The Balaban J connectivity index is 2.25. The molecule has 1 N–H and O–H groups in total. The number of nitrogens with zero attached hydrogens (tertiary/aromatic N) is 1. The van der Waals surface area contributed by atoms with Crippen LogP contribution in [0.5, 0.6) is 0 Å². The summed E-state index contributed by atoms with van der Waals surface area (Å²) >= 11 is 0. The molecule has 0 aromatic carbocycles. The summed E-state index contributed by atoms with van der Waals surface area (Å²) in [6.07, 6.45) is 2.48. The molecule has 0 bridgehead atoms. The van der Waals surface area contributed by atoms with Gasteiger partial charge in [0.1, 0.15) is 0 Å². The molecule has 0 heterocycles. The minimum atomic E-state index is 0.321. The highest BCUT2D eigenvalue weighted by molar-refractivity contribution is 5.23. The zero-order valence-electron chi connectivity index (χ0n) is 4.57. The molecule has 0 aromatic rings. The van der Waals surface area contributed by atoms with Crippen LogP contribution in [-0.4, -0.2) is 12.3 Å². The lowest BCUT2D eigenvalue weighted by Crippen LogP contribution is -2.20. The van der Waals surface area contributed by atoms with E-state index in [4.69, 9.17) is 0 Å². The van der Waals surface area contributed by atoms with Gasteiger partial charge in [0, 0.05) is 6.72 Å². The molecule has 1 aliphatic rings. The van der Waals surface area contributed by atoms with Gasteiger partial charge in [-0.2, -0.15) is 5.10 Å². The first-order chi connectivity index (χ1) is 3.27. The van der Waals surface area contributed by atoms with Gasteiger partial charge in [-0.3, -0.25) is 0 Å². The Morgan fingerprint density at radius 2 is 2.29 bits per heavy atom. The van der Waals surface area contributed by atoms with Crippen molar-refractivity contribution in [2.24, 2.45) is 5.10 Å². The van der Waals surface area contributed by atoms with E-state index in [9.17, 15) is 0 Å². The maximum atomic E-state index is 3.57. The minimum Gasteiger partial charge on any atom is -0.305 e. The zero-order chi connectivity index (χ0) is 5.33. The van der Waals surface area contributed by atoms with Gasteiger partial charge < -0.3 is 5.43 Å². The second-order valence-electron chi connectivity index (χ2n) is 2.33. The van der Waals surface area contributed by atoms with Crippen molar-refractivity contribution in [2.45, 2.75) is 25.3 Å². The fourth-order valence-corrected chi connectivity index (χ4v) is 0.490. The average molecular weight is 98.1 g/mol. The molecular formula is C5H10N2. The lowest BCUT2D eigenvalue weighted by molar-refractivity contribution is 0.568. The van der Waals surface area contributed by atoms with Gasteiger partial charge in [-0.05, 0) is 19.8 Å². The fraction of sp³-hybridized carbons (Fsp3) is 0.800. The first kappa shape index (κ1) is 4.62. The highest BCUT2D eigenvalue weighted by Crippen LogP contribution is 2.33. The van der Waals surface area contributed by atoms with Crippen LogP contribution in [0.15, 0.2) is 5.10 Å². The molecule has 0 amide bonds. The Morgan fingerprint density at radius 3 is 2.43 bits per heavy atom. The van der Waals surface area contributed by atoms with E-state index >= 15 is 0 Å². The molecule has 1 saturated carbocycles.